The van der Waals surface area contributed by atoms with Gasteiger partial charge in [-0.1, -0.05) is 0 Å². The molecule has 116 valence electrons. The first-order valence-corrected chi connectivity index (χ1v) is 9.17. The van der Waals surface area contributed by atoms with E-state index in [2.05, 4.69) is 0 Å². The molecule has 21 heavy (non-hydrogen) atoms. The van der Waals surface area contributed by atoms with Gasteiger partial charge < -0.3 is 9.84 Å². The molecule has 1 N–H and O–H groups in total. The number of carboxylic acid groups (broad SMARTS) is 1. The van der Waals surface area contributed by atoms with E-state index in [0.29, 0.717) is 10.1 Å². The van der Waals surface area contributed by atoms with Gasteiger partial charge in [0.2, 0.25) is 0 Å². The quantitative estimate of drug-likeness (QED) is 0.854. The van der Waals surface area contributed by atoms with Gasteiger partial charge in [-0.25, -0.2) is 13.2 Å². The molecule has 1 aliphatic carbocycles. The van der Waals surface area contributed by atoms with Crippen LogP contribution in [0.1, 0.15) is 31.2 Å². The number of hydrogen-bond donors (Lipinski definition) is 1. The lowest BCUT2D eigenvalue weighted by molar-refractivity contribution is -0.181. The van der Waals surface area contributed by atoms with Gasteiger partial charge in [0.05, 0.1) is 13.1 Å². The van der Waals surface area contributed by atoms with Crippen molar-refractivity contribution in [3.05, 3.63) is 17.0 Å². The van der Waals surface area contributed by atoms with Gasteiger partial charge in [-0.3, -0.25) is 0 Å². The summed E-state index contributed by atoms with van der Waals surface area (Å²) < 4.78 is 32.1. The summed E-state index contributed by atoms with van der Waals surface area (Å²) in [7, 11) is -3.61. The predicted octanol–water partition coefficient (Wildman–Crippen LogP) is 1.49. The highest BCUT2D eigenvalue weighted by Gasteiger charge is 2.55. The number of ether oxygens (including phenoxy) is 1. The Hall–Kier alpha value is -0.960. The average molecular weight is 331 g/mol. The third-order valence-corrected chi connectivity index (χ3v) is 7.21. The Labute approximate surface area is 127 Å². The van der Waals surface area contributed by atoms with Crippen LogP contribution in [0.25, 0.3) is 0 Å². The minimum Gasteiger partial charge on any atom is -0.479 e. The summed E-state index contributed by atoms with van der Waals surface area (Å²) in [4.78, 5) is 11.3. The smallest absolute Gasteiger partial charge is 0.338 e. The largest absolute Gasteiger partial charge is 0.479 e. The lowest BCUT2D eigenvalue weighted by Crippen LogP contribution is -2.68. The molecule has 1 aromatic heterocycles. The Morgan fingerprint density at radius 2 is 2.19 bits per heavy atom. The van der Waals surface area contributed by atoms with E-state index in [4.69, 9.17) is 4.74 Å². The molecular formula is C13H17NO5S2. The lowest BCUT2D eigenvalue weighted by Gasteiger charge is -2.45. The number of thiophene rings is 1. The molecule has 1 saturated carbocycles. The fourth-order valence-corrected chi connectivity index (χ4v) is 5.79. The molecule has 0 amide bonds. The van der Waals surface area contributed by atoms with Crippen molar-refractivity contribution in [2.75, 3.05) is 19.7 Å². The molecule has 6 nitrogen and oxygen atoms in total. The fraction of sp³-hybridized carbons (Fsp3) is 0.615. The molecule has 0 unspecified atom stereocenters. The van der Waals surface area contributed by atoms with Crippen molar-refractivity contribution in [2.24, 2.45) is 0 Å². The highest BCUT2D eigenvalue weighted by Crippen LogP contribution is 2.46. The van der Waals surface area contributed by atoms with Crippen molar-refractivity contribution in [1.29, 1.82) is 0 Å². The molecule has 8 heteroatoms. The Morgan fingerprint density at radius 3 is 2.71 bits per heavy atom. The second-order valence-electron chi connectivity index (χ2n) is 5.44. The van der Waals surface area contributed by atoms with Crippen molar-refractivity contribution >= 4 is 27.3 Å². The molecule has 0 bridgehead atoms. The minimum absolute atomic E-state index is 0.124. The van der Waals surface area contributed by atoms with Crippen LogP contribution in [-0.2, 0) is 19.6 Å². The van der Waals surface area contributed by atoms with Crippen LogP contribution in [0, 0.1) is 0 Å². The molecule has 0 atom stereocenters. The monoisotopic (exact) mass is 331 g/mol. The summed E-state index contributed by atoms with van der Waals surface area (Å²) in [6.45, 7) is 1.69. The van der Waals surface area contributed by atoms with Gasteiger partial charge in [0.1, 0.15) is 4.21 Å². The highest BCUT2D eigenvalue weighted by molar-refractivity contribution is 7.91. The van der Waals surface area contributed by atoms with E-state index >= 15 is 0 Å². The number of carboxylic acids is 1. The van der Waals surface area contributed by atoms with E-state index in [1.165, 1.54) is 15.6 Å². The number of hydrogen-bond acceptors (Lipinski definition) is 5. The Balaban J connectivity index is 1.81. The highest BCUT2D eigenvalue weighted by atomic mass is 32.2. The Kier molecular flexibility index (Phi) is 3.59. The van der Waals surface area contributed by atoms with Crippen LogP contribution in [0.4, 0.5) is 0 Å². The Morgan fingerprint density at radius 1 is 1.52 bits per heavy atom. The molecule has 0 radical (unpaired) electrons. The summed E-state index contributed by atoms with van der Waals surface area (Å²) in [6, 6.07) is 1.86. The molecule has 1 aromatic rings. The van der Waals surface area contributed by atoms with Crippen molar-refractivity contribution in [1.82, 2.24) is 4.31 Å². The Bertz CT molecular complexity index is 656. The summed E-state index contributed by atoms with van der Waals surface area (Å²) in [5.74, 6) is -0.761. The molecular weight excluding hydrogens is 314 g/mol. The predicted molar refractivity (Wildman–Crippen MR) is 77.0 cm³/mol. The van der Waals surface area contributed by atoms with Gasteiger partial charge in [0.25, 0.3) is 10.0 Å². The van der Waals surface area contributed by atoms with Gasteiger partial charge in [0, 0.05) is 6.61 Å². The first-order valence-electron chi connectivity index (χ1n) is 6.85. The maximum atomic E-state index is 12.6. The van der Waals surface area contributed by atoms with Gasteiger partial charge in [0.15, 0.2) is 5.60 Å². The minimum atomic E-state index is -3.61. The van der Waals surface area contributed by atoms with Gasteiger partial charge in [-0.2, -0.15) is 4.31 Å². The van der Waals surface area contributed by atoms with Crippen molar-refractivity contribution in [3.63, 3.8) is 0 Å². The third kappa shape index (κ3) is 2.40. The van der Waals surface area contributed by atoms with Crippen molar-refractivity contribution in [3.8, 4) is 0 Å². The lowest BCUT2D eigenvalue weighted by atomic mass is 9.97. The van der Waals surface area contributed by atoms with Crippen LogP contribution >= 0.6 is 11.3 Å². The summed E-state index contributed by atoms with van der Waals surface area (Å²) in [5, 5.41) is 11.0. The molecule has 0 aromatic carbocycles. The maximum absolute atomic E-state index is 12.6. The van der Waals surface area contributed by atoms with Gasteiger partial charge >= 0.3 is 5.97 Å². The molecule has 2 heterocycles. The number of sulfonamides is 1. The standard InChI is InChI=1S/C13H17NO5S2/c1-2-19-13(12(15)16)7-14(8-13)21(17,18)11-10(5-6-20-11)9-3-4-9/h5-6,9H,2-4,7-8H2,1H3,(H,15,16). The van der Waals surface area contributed by atoms with Crippen LogP contribution in [0.3, 0.4) is 0 Å². The second-order valence-corrected chi connectivity index (χ2v) is 8.49. The molecule has 1 aliphatic heterocycles. The fourth-order valence-electron chi connectivity index (χ4n) is 2.59. The molecule has 3 rings (SSSR count). The van der Waals surface area contributed by atoms with E-state index in [9.17, 15) is 18.3 Å². The van der Waals surface area contributed by atoms with E-state index in [1.807, 2.05) is 6.07 Å². The maximum Gasteiger partial charge on any atom is 0.338 e. The van der Waals surface area contributed by atoms with Crippen LogP contribution in [0.2, 0.25) is 0 Å². The SMILES string of the molecule is CCOC1(C(=O)O)CN(S(=O)(=O)c2sccc2C2CC2)C1. The zero-order chi connectivity index (χ0) is 15.3. The molecule has 1 saturated heterocycles. The van der Waals surface area contributed by atoms with Crippen LogP contribution in [0.5, 0.6) is 0 Å². The van der Waals surface area contributed by atoms with Gasteiger partial charge in [-0.05, 0) is 42.7 Å². The van der Waals surface area contributed by atoms with E-state index < -0.39 is 21.6 Å². The first kappa shape index (κ1) is 15.0. The van der Waals surface area contributed by atoms with Crippen LogP contribution in [0.15, 0.2) is 15.7 Å². The van der Waals surface area contributed by atoms with Crippen molar-refractivity contribution < 1.29 is 23.1 Å². The number of aliphatic carboxylic acids is 1. The van der Waals surface area contributed by atoms with Crippen LogP contribution in [-0.4, -0.2) is 49.1 Å². The zero-order valence-corrected chi connectivity index (χ0v) is 13.2. The zero-order valence-electron chi connectivity index (χ0n) is 11.6. The summed E-state index contributed by atoms with van der Waals surface area (Å²) >= 11 is 1.21. The summed E-state index contributed by atoms with van der Waals surface area (Å²) in [6.07, 6.45) is 2.05. The van der Waals surface area contributed by atoms with E-state index in [0.717, 1.165) is 18.4 Å². The molecule has 0 spiro atoms. The average Bonchev–Trinajstić information content (AvgIpc) is 3.09. The normalized spacial score (nSPS) is 22.0. The topological polar surface area (TPSA) is 83.9 Å². The second kappa shape index (κ2) is 5.05. The molecule has 2 aliphatic rings. The van der Waals surface area contributed by atoms with E-state index in [-0.39, 0.29) is 19.7 Å². The number of carbonyl (C=O) groups is 1. The van der Waals surface area contributed by atoms with Crippen LogP contribution < -0.4 is 0 Å². The first-order chi connectivity index (χ1) is 9.90. The molecule has 2 fully saturated rings. The third-order valence-electron chi connectivity index (χ3n) is 3.92. The van der Waals surface area contributed by atoms with E-state index in [1.54, 1.807) is 12.3 Å². The number of nitrogens with zero attached hydrogens (tertiary/aromatic N) is 1. The van der Waals surface area contributed by atoms with Crippen molar-refractivity contribution in [2.45, 2.75) is 35.5 Å². The van der Waals surface area contributed by atoms with Gasteiger partial charge in [-0.15, -0.1) is 11.3 Å². The number of rotatable bonds is 6. The summed E-state index contributed by atoms with van der Waals surface area (Å²) in [5.41, 5.74) is -0.511.